The molecule has 2 N–H and O–H groups in total. The first-order valence-electron chi connectivity index (χ1n) is 9.72. The molecule has 0 spiro atoms. The number of benzene rings is 2. The van der Waals surface area contributed by atoms with Crippen molar-refractivity contribution in [1.29, 1.82) is 0 Å². The third kappa shape index (κ3) is 4.76. The quantitative estimate of drug-likeness (QED) is 0.688. The van der Waals surface area contributed by atoms with Crippen LogP contribution in [0.3, 0.4) is 0 Å². The first-order chi connectivity index (χ1) is 14.2. The molecule has 2 atom stereocenters. The summed E-state index contributed by atoms with van der Waals surface area (Å²) in [7, 11) is -3.67. The molecule has 1 aliphatic rings. The van der Waals surface area contributed by atoms with Crippen molar-refractivity contribution in [2.75, 3.05) is 5.32 Å². The number of Topliss-reactive ketones (excluding diaryl/α,β-unsaturated/α-hetero) is 1. The van der Waals surface area contributed by atoms with Gasteiger partial charge < -0.3 is 10.6 Å². The Morgan fingerprint density at radius 3 is 2.20 bits per heavy atom. The predicted molar refractivity (Wildman–Crippen MR) is 111 cm³/mol. The molecule has 7 nitrogen and oxygen atoms in total. The minimum Gasteiger partial charge on any atom is -0.352 e. The van der Waals surface area contributed by atoms with Crippen molar-refractivity contribution in [1.82, 2.24) is 5.32 Å². The maximum Gasteiger partial charge on any atom is 0.244 e. The zero-order valence-electron chi connectivity index (χ0n) is 16.8. The molecule has 2 aromatic rings. The Hall–Kier alpha value is -3.00. The van der Waals surface area contributed by atoms with Crippen molar-refractivity contribution in [2.45, 2.75) is 42.5 Å². The molecule has 1 heterocycles. The predicted octanol–water partition coefficient (Wildman–Crippen LogP) is 2.58. The number of carbonyl (C=O) groups is 3. The zero-order valence-corrected chi connectivity index (χ0v) is 17.6. The van der Waals surface area contributed by atoms with Crippen LogP contribution in [0.1, 0.15) is 26.7 Å². The number of sulfone groups is 1. The molecule has 8 heteroatoms. The summed E-state index contributed by atoms with van der Waals surface area (Å²) in [5, 5.41) is 5.27. The third-order valence-corrected chi connectivity index (χ3v) is 6.67. The minimum absolute atomic E-state index is 0.0784. The van der Waals surface area contributed by atoms with Gasteiger partial charge in [0.15, 0.2) is 11.7 Å². The highest BCUT2D eigenvalue weighted by atomic mass is 32.2. The van der Waals surface area contributed by atoms with Gasteiger partial charge in [0.2, 0.25) is 21.7 Å². The highest BCUT2D eigenvalue weighted by Crippen LogP contribution is 2.23. The summed E-state index contributed by atoms with van der Waals surface area (Å²) in [6, 6.07) is 13.4. The number of nitrogens with one attached hydrogen (secondary N) is 2. The Morgan fingerprint density at radius 1 is 1.03 bits per heavy atom. The number of ketones is 1. The number of anilines is 1. The van der Waals surface area contributed by atoms with E-state index in [1.165, 1.54) is 36.4 Å². The van der Waals surface area contributed by atoms with Crippen LogP contribution in [-0.2, 0) is 24.2 Å². The van der Waals surface area contributed by atoms with Crippen molar-refractivity contribution in [2.24, 2.45) is 11.8 Å². The molecular formula is C22H24N2O5S. The molecule has 0 bridgehead atoms. The normalized spacial score (nSPS) is 19.4. The standard InChI is InChI=1S/C22H24N2O5S/c1-14(2)12-16-13-19(25)20(22(27)24-16)21(26)23-15-8-10-18(11-9-15)30(28,29)17-6-4-3-5-7-17/h3-11,14,16,20H,12-13H2,1-2H3,(H,23,26)(H,24,27). The topological polar surface area (TPSA) is 109 Å². The summed E-state index contributed by atoms with van der Waals surface area (Å²) in [5.74, 6) is -2.82. The largest absolute Gasteiger partial charge is 0.352 e. The Bertz CT molecular complexity index is 1030. The van der Waals surface area contributed by atoms with Crippen molar-refractivity contribution >= 4 is 33.1 Å². The van der Waals surface area contributed by atoms with Crippen molar-refractivity contribution < 1.29 is 22.8 Å². The fraction of sp³-hybridized carbons (Fsp3) is 0.318. The minimum atomic E-state index is -3.67. The molecule has 3 rings (SSSR count). The van der Waals surface area contributed by atoms with Gasteiger partial charge in [-0.05, 0) is 48.7 Å². The first kappa shape index (κ1) is 21.7. The lowest BCUT2D eigenvalue weighted by molar-refractivity contribution is -0.143. The van der Waals surface area contributed by atoms with Crippen molar-refractivity contribution in [3.05, 3.63) is 54.6 Å². The second-order valence-electron chi connectivity index (χ2n) is 7.77. The Balaban J connectivity index is 1.69. The summed E-state index contributed by atoms with van der Waals surface area (Å²) in [4.78, 5) is 37.4. The van der Waals surface area contributed by atoms with Gasteiger partial charge in [-0.3, -0.25) is 14.4 Å². The smallest absolute Gasteiger partial charge is 0.244 e. The van der Waals surface area contributed by atoms with Gasteiger partial charge in [0.25, 0.3) is 0 Å². The molecule has 2 unspecified atom stereocenters. The Kier molecular flexibility index (Phi) is 6.36. The number of rotatable bonds is 6. The molecule has 1 fully saturated rings. The number of piperidine rings is 1. The molecule has 158 valence electrons. The van der Waals surface area contributed by atoms with Crippen LogP contribution in [0.25, 0.3) is 0 Å². The maximum absolute atomic E-state index is 12.6. The molecule has 30 heavy (non-hydrogen) atoms. The molecule has 2 aromatic carbocycles. The van der Waals surface area contributed by atoms with E-state index in [2.05, 4.69) is 10.6 Å². The van der Waals surface area contributed by atoms with E-state index in [4.69, 9.17) is 0 Å². The zero-order chi connectivity index (χ0) is 21.9. The van der Waals surface area contributed by atoms with Crippen LogP contribution in [0, 0.1) is 11.8 Å². The second-order valence-corrected chi connectivity index (χ2v) is 9.72. The Labute approximate surface area is 175 Å². The van der Waals surface area contributed by atoms with E-state index < -0.39 is 33.4 Å². The Morgan fingerprint density at radius 2 is 1.63 bits per heavy atom. The molecule has 1 aliphatic heterocycles. The van der Waals surface area contributed by atoms with Gasteiger partial charge in [-0.1, -0.05) is 32.0 Å². The third-order valence-electron chi connectivity index (χ3n) is 4.88. The van der Waals surface area contributed by atoms with E-state index >= 15 is 0 Å². The van der Waals surface area contributed by atoms with Crippen LogP contribution in [-0.4, -0.2) is 32.1 Å². The molecular weight excluding hydrogens is 404 g/mol. The van der Waals surface area contributed by atoms with Crippen LogP contribution in [0.2, 0.25) is 0 Å². The SMILES string of the molecule is CC(C)CC1CC(=O)C(C(=O)Nc2ccc(S(=O)(=O)c3ccccc3)cc2)C(=O)N1. The van der Waals surface area contributed by atoms with Gasteiger partial charge in [0.05, 0.1) is 9.79 Å². The van der Waals surface area contributed by atoms with E-state index in [0.717, 1.165) is 0 Å². The number of hydrogen-bond donors (Lipinski definition) is 2. The molecule has 2 amide bonds. The van der Waals surface area contributed by atoms with Crippen LogP contribution >= 0.6 is 0 Å². The van der Waals surface area contributed by atoms with Crippen LogP contribution < -0.4 is 10.6 Å². The highest BCUT2D eigenvalue weighted by molar-refractivity contribution is 7.91. The van der Waals surface area contributed by atoms with E-state index in [1.807, 2.05) is 13.8 Å². The molecule has 0 aliphatic carbocycles. The molecule has 0 radical (unpaired) electrons. The van der Waals surface area contributed by atoms with Gasteiger partial charge in [-0.2, -0.15) is 0 Å². The highest BCUT2D eigenvalue weighted by Gasteiger charge is 2.40. The average molecular weight is 429 g/mol. The van der Waals surface area contributed by atoms with E-state index in [9.17, 15) is 22.8 Å². The van der Waals surface area contributed by atoms with Crippen molar-refractivity contribution in [3.8, 4) is 0 Å². The first-order valence-corrected chi connectivity index (χ1v) is 11.2. The van der Waals surface area contributed by atoms with Crippen molar-refractivity contribution in [3.63, 3.8) is 0 Å². The fourth-order valence-electron chi connectivity index (χ4n) is 3.49. The monoisotopic (exact) mass is 428 g/mol. The molecule has 0 saturated carbocycles. The van der Waals surface area contributed by atoms with Crippen LogP contribution in [0.5, 0.6) is 0 Å². The summed E-state index contributed by atoms with van der Waals surface area (Å²) in [6.45, 7) is 3.99. The maximum atomic E-state index is 12.6. The van der Waals surface area contributed by atoms with E-state index in [0.29, 0.717) is 18.0 Å². The van der Waals surface area contributed by atoms with Crippen LogP contribution in [0.15, 0.2) is 64.4 Å². The lowest BCUT2D eigenvalue weighted by Gasteiger charge is -2.28. The summed E-state index contributed by atoms with van der Waals surface area (Å²) < 4.78 is 25.2. The second kappa shape index (κ2) is 8.79. The van der Waals surface area contributed by atoms with Gasteiger partial charge in [-0.25, -0.2) is 8.42 Å². The fourth-order valence-corrected chi connectivity index (χ4v) is 4.77. The van der Waals surface area contributed by atoms with Gasteiger partial charge in [0, 0.05) is 18.2 Å². The molecule has 1 saturated heterocycles. The summed E-state index contributed by atoms with van der Waals surface area (Å²) in [5.41, 5.74) is 0.303. The summed E-state index contributed by atoms with van der Waals surface area (Å²) >= 11 is 0. The van der Waals surface area contributed by atoms with Crippen LogP contribution in [0.4, 0.5) is 5.69 Å². The summed E-state index contributed by atoms with van der Waals surface area (Å²) in [6.07, 6.45) is 0.791. The number of hydrogen-bond acceptors (Lipinski definition) is 5. The lowest BCUT2D eigenvalue weighted by Crippen LogP contribution is -2.53. The number of amides is 2. The van der Waals surface area contributed by atoms with Gasteiger partial charge >= 0.3 is 0 Å². The number of carbonyl (C=O) groups excluding carboxylic acids is 3. The van der Waals surface area contributed by atoms with Gasteiger partial charge in [0.1, 0.15) is 0 Å². The van der Waals surface area contributed by atoms with E-state index in [1.54, 1.807) is 18.2 Å². The van der Waals surface area contributed by atoms with Gasteiger partial charge in [-0.15, -0.1) is 0 Å². The van der Waals surface area contributed by atoms with E-state index in [-0.39, 0.29) is 22.3 Å². The molecule has 0 aromatic heterocycles. The lowest BCUT2D eigenvalue weighted by atomic mass is 9.88. The average Bonchev–Trinajstić information content (AvgIpc) is 2.68.